The van der Waals surface area contributed by atoms with E-state index in [2.05, 4.69) is 15.2 Å². The van der Waals surface area contributed by atoms with Crippen molar-refractivity contribution in [1.82, 2.24) is 15.1 Å². The molecule has 0 radical (unpaired) electrons. The van der Waals surface area contributed by atoms with Gasteiger partial charge < -0.3 is 10.1 Å². The second-order valence-electron chi connectivity index (χ2n) is 5.00. The van der Waals surface area contributed by atoms with Gasteiger partial charge >= 0.3 is 5.97 Å². The highest BCUT2D eigenvalue weighted by molar-refractivity contribution is 5.95. The average molecular weight is 295 g/mol. The fourth-order valence-electron chi connectivity index (χ4n) is 1.78. The van der Waals surface area contributed by atoms with Crippen LogP contribution in [0.3, 0.4) is 0 Å². The molecule has 0 spiro atoms. The normalized spacial score (nSPS) is 12.0. The van der Waals surface area contributed by atoms with Gasteiger partial charge in [-0.25, -0.2) is 9.48 Å². The summed E-state index contributed by atoms with van der Waals surface area (Å²) in [6, 6.07) is 1.88. The molecule has 116 valence electrons. The Morgan fingerprint density at radius 1 is 1.38 bits per heavy atom. The number of hydrogen-bond acceptors (Lipinski definition) is 5. The molecule has 0 bridgehead atoms. The van der Waals surface area contributed by atoms with Gasteiger partial charge in [0.2, 0.25) is 0 Å². The lowest BCUT2D eigenvalue weighted by Crippen LogP contribution is -2.45. The van der Waals surface area contributed by atoms with Crippen LogP contribution in [0.5, 0.6) is 0 Å². The van der Waals surface area contributed by atoms with E-state index in [4.69, 9.17) is 0 Å². The summed E-state index contributed by atoms with van der Waals surface area (Å²) in [6.45, 7) is 5.94. The molecule has 1 aromatic rings. The maximum absolute atomic E-state index is 12.2. The molecular weight excluding hydrogens is 274 g/mol. The van der Waals surface area contributed by atoms with E-state index >= 15 is 0 Å². The summed E-state index contributed by atoms with van der Waals surface area (Å²) in [4.78, 5) is 35.3. The van der Waals surface area contributed by atoms with Gasteiger partial charge in [-0.15, -0.1) is 0 Å². The van der Waals surface area contributed by atoms with Gasteiger partial charge in [-0.1, -0.05) is 20.8 Å². The first kappa shape index (κ1) is 16.9. The minimum atomic E-state index is -0.754. The molecule has 0 aliphatic carbocycles. The summed E-state index contributed by atoms with van der Waals surface area (Å²) >= 11 is 0. The van der Waals surface area contributed by atoms with E-state index in [1.807, 2.05) is 6.92 Å². The summed E-state index contributed by atoms with van der Waals surface area (Å²) < 4.78 is 5.90. The van der Waals surface area contributed by atoms with E-state index in [0.717, 1.165) is 6.42 Å². The zero-order valence-electron chi connectivity index (χ0n) is 12.8. The van der Waals surface area contributed by atoms with Gasteiger partial charge in [0, 0.05) is 12.6 Å². The fraction of sp³-hybridized carbons (Fsp3) is 0.571. The van der Waals surface area contributed by atoms with E-state index in [1.54, 1.807) is 13.8 Å². The Kier molecular flexibility index (Phi) is 6.08. The van der Waals surface area contributed by atoms with Crippen molar-refractivity contribution in [3.05, 3.63) is 28.2 Å². The minimum Gasteiger partial charge on any atom is -0.467 e. The molecule has 0 aliphatic heterocycles. The highest BCUT2D eigenvalue weighted by Gasteiger charge is 2.26. The van der Waals surface area contributed by atoms with Crippen LogP contribution >= 0.6 is 0 Å². The number of carbonyl (C=O) groups is 2. The molecule has 1 amide bonds. The number of amides is 1. The molecule has 7 nitrogen and oxygen atoms in total. The Morgan fingerprint density at radius 2 is 2.05 bits per heavy atom. The Bertz CT molecular complexity index is 566. The third-order valence-corrected chi connectivity index (χ3v) is 2.94. The van der Waals surface area contributed by atoms with Crippen LogP contribution in [-0.2, 0) is 16.1 Å². The van der Waals surface area contributed by atoms with Gasteiger partial charge in [0.1, 0.15) is 11.7 Å². The molecule has 21 heavy (non-hydrogen) atoms. The minimum absolute atomic E-state index is 0.0950. The maximum atomic E-state index is 12.2. The highest BCUT2D eigenvalue weighted by atomic mass is 16.5. The SMILES string of the molecule is CCCn1nc(C(=O)N[C@@H](C(=O)OC)C(C)C)ccc1=O. The molecule has 1 aromatic heterocycles. The van der Waals surface area contributed by atoms with Gasteiger partial charge in [-0.3, -0.25) is 9.59 Å². The van der Waals surface area contributed by atoms with Gasteiger partial charge in [-0.05, 0) is 18.4 Å². The number of methoxy groups -OCH3 is 1. The van der Waals surface area contributed by atoms with Crippen molar-refractivity contribution in [2.45, 2.75) is 39.8 Å². The summed E-state index contributed by atoms with van der Waals surface area (Å²) in [5.74, 6) is -1.15. The van der Waals surface area contributed by atoms with Gasteiger partial charge in [0.15, 0.2) is 0 Å². The lowest BCUT2D eigenvalue weighted by molar-refractivity contribution is -0.144. The second-order valence-corrected chi connectivity index (χ2v) is 5.00. The second kappa shape index (κ2) is 7.56. The third kappa shape index (κ3) is 4.40. The van der Waals surface area contributed by atoms with Crippen LogP contribution in [0.15, 0.2) is 16.9 Å². The molecule has 1 N–H and O–H groups in total. The number of hydrogen-bond donors (Lipinski definition) is 1. The van der Waals surface area contributed by atoms with Crippen LogP contribution in [-0.4, -0.2) is 34.8 Å². The summed E-state index contributed by atoms with van der Waals surface area (Å²) in [6.07, 6.45) is 0.731. The van der Waals surface area contributed by atoms with Crippen molar-refractivity contribution < 1.29 is 14.3 Å². The lowest BCUT2D eigenvalue weighted by atomic mass is 10.0. The Balaban J connectivity index is 2.95. The van der Waals surface area contributed by atoms with Crippen LogP contribution in [0.25, 0.3) is 0 Å². The quantitative estimate of drug-likeness (QED) is 0.775. The first-order chi connectivity index (χ1) is 9.90. The predicted molar refractivity (Wildman–Crippen MR) is 76.9 cm³/mol. The van der Waals surface area contributed by atoms with Crippen molar-refractivity contribution in [3.63, 3.8) is 0 Å². The number of aromatic nitrogens is 2. The zero-order chi connectivity index (χ0) is 16.0. The van der Waals surface area contributed by atoms with E-state index in [-0.39, 0.29) is 17.2 Å². The molecule has 0 unspecified atom stereocenters. The summed E-state index contributed by atoms with van der Waals surface area (Å²) in [5, 5.41) is 6.58. The van der Waals surface area contributed by atoms with Crippen molar-refractivity contribution in [1.29, 1.82) is 0 Å². The van der Waals surface area contributed by atoms with Crippen molar-refractivity contribution >= 4 is 11.9 Å². The zero-order valence-corrected chi connectivity index (χ0v) is 12.8. The van der Waals surface area contributed by atoms with Crippen LogP contribution in [0.2, 0.25) is 0 Å². The topological polar surface area (TPSA) is 90.3 Å². The molecule has 0 saturated carbocycles. The third-order valence-electron chi connectivity index (χ3n) is 2.94. The standard InChI is InChI=1S/C14H21N3O4/c1-5-8-17-11(18)7-6-10(16-17)13(19)15-12(9(2)3)14(20)21-4/h6-7,9,12H,5,8H2,1-4H3,(H,15,19)/t12-/m1/s1. The van der Waals surface area contributed by atoms with Gasteiger partial charge in [-0.2, -0.15) is 5.10 Å². The number of ether oxygens (including phenoxy) is 1. The molecule has 0 saturated heterocycles. The van der Waals surface area contributed by atoms with E-state index in [0.29, 0.717) is 6.54 Å². The smallest absolute Gasteiger partial charge is 0.328 e. The molecular formula is C14H21N3O4. The molecule has 0 fully saturated rings. The van der Waals surface area contributed by atoms with Gasteiger partial charge in [0.25, 0.3) is 11.5 Å². The largest absolute Gasteiger partial charge is 0.467 e. The first-order valence-corrected chi connectivity index (χ1v) is 6.87. The van der Waals surface area contributed by atoms with Crippen LogP contribution < -0.4 is 10.9 Å². The van der Waals surface area contributed by atoms with Crippen LogP contribution in [0.4, 0.5) is 0 Å². The number of esters is 1. The van der Waals surface area contributed by atoms with E-state index < -0.39 is 17.9 Å². The molecule has 1 heterocycles. The van der Waals surface area contributed by atoms with Crippen molar-refractivity contribution in [2.75, 3.05) is 7.11 Å². The summed E-state index contributed by atoms with van der Waals surface area (Å²) in [5.41, 5.74) is -0.167. The van der Waals surface area contributed by atoms with Crippen LogP contribution in [0, 0.1) is 5.92 Å². The first-order valence-electron chi connectivity index (χ1n) is 6.87. The molecule has 0 aliphatic rings. The molecule has 1 atom stereocenters. The lowest BCUT2D eigenvalue weighted by Gasteiger charge is -2.19. The Hall–Kier alpha value is -2.18. The number of nitrogens with zero attached hydrogens (tertiary/aromatic N) is 2. The monoisotopic (exact) mass is 295 g/mol. The summed E-state index contributed by atoms with van der Waals surface area (Å²) in [7, 11) is 1.27. The predicted octanol–water partition coefficient (Wildman–Crippen LogP) is 0.581. The fourth-order valence-corrected chi connectivity index (χ4v) is 1.78. The average Bonchev–Trinajstić information content (AvgIpc) is 2.45. The number of nitrogens with one attached hydrogen (secondary N) is 1. The maximum Gasteiger partial charge on any atom is 0.328 e. The van der Waals surface area contributed by atoms with Crippen LogP contribution in [0.1, 0.15) is 37.7 Å². The number of carbonyl (C=O) groups excluding carboxylic acids is 2. The number of aryl methyl sites for hydroxylation is 1. The van der Waals surface area contributed by atoms with Crippen molar-refractivity contribution in [3.8, 4) is 0 Å². The number of rotatable bonds is 6. The molecule has 0 aromatic carbocycles. The highest BCUT2D eigenvalue weighted by Crippen LogP contribution is 2.05. The molecule has 7 heteroatoms. The Labute approximate surface area is 123 Å². The van der Waals surface area contributed by atoms with Gasteiger partial charge in [0.05, 0.1) is 7.11 Å². The van der Waals surface area contributed by atoms with E-state index in [1.165, 1.54) is 23.9 Å². The van der Waals surface area contributed by atoms with Crippen molar-refractivity contribution in [2.24, 2.45) is 5.92 Å². The Morgan fingerprint density at radius 3 is 2.57 bits per heavy atom. The van der Waals surface area contributed by atoms with E-state index in [9.17, 15) is 14.4 Å². The molecule has 1 rings (SSSR count).